The highest BCUT2D eigenvalue weighted by molar-refractivity contribution is 9.09. The monoisotopic (exact) mass is 565 g/mol. The number of hydrogen-bond acceptors (Lipinski definition) is 6. The molecule has 198 valence electrons. The summed E-state index contributed by atoms with van der Waals surface area (Å²) in [6, 6.07) is 5.54. The first-order chi connectivity index (χ1) is 17.0. The van der Waals surface area contributed by atoms with Crippen LogP contribution >= 0.6 is 15.9 Å². The minimum atomic E-state index is -1.16. The number of alkyl halides is 1. The molecule has 0 aliphatic carbocycles. The van der Waals surface area contributed by atoms with Crippen molar-refractivity contribution in [2.24, 2.45) is 11.8 Å². The average Bonchev–Trinajstić information content (AvgIpc) is 3.39. The van der Waals surface area contributed by atoms with Crippen LogP contribution in [0.3, 0.4) is 0 Å². The Bertz CT molecular complexity index is 1010. The van der Waals surface area contributed by atoms with Crippen LogP contribution in [0.25, 0.3) is 0 Å². The Morgan fingerprint density at radius 1 is 1.25 bits per heavy atom. The minimum absolute atomic E-state index is 0.197. The van der Waals surface area contributed by atoms with Crippen LogP contribution < -0.4 is 15.4 Å². The third-order valence-corrected chi connectivity index (χ3v) is 8.13. The Hall–Kier alpha value is -2.17. The molecule has 3 aliphatic heterocycles. The van der Waals surface area contributed by atoms with Crippen LogP contribution in [0.4, 0.5) is 5.69 Å². The highest BCUT2D eigenvalue weighted by Crippen LogP contribution is 2.60. The molecule has 0 radical (unpaired) electrons. The molecule has 1 aromatic rings. The Morgan fingerprint density at radius 2 is 1.92 bits per heavy atom. The van der Waals surface area contributed by atoms with E-state index in [9.17, 15) is 19.5 Å². The van der Waals surface area contributed by atoms with E-state index in [1.807, 2.05) is 34.6 Å². The zero-order valence-corrected chi connectivity index (χ0v) is 23.0. The lowest BCUT2D eigenvalue weighted by molar-refractivity contribution is -0.145. The number of hydrogen-bond donors (Lipinski definition) is 3. The third kappa shape index (κ3) is 4.52. The van der Waals surface area contributed by atoms with Crippen molar-refractivity contribution in [3.63, 3.8) is 0 Å². The number of anilines is 1. The number of aliphatic hydroxyl groups excluding tert-OH is 1. The van der Waals surface area contributed by atoms with Crippen molar-refractivity contribution in [2.45, 2.75) is 81.6 Å². The topological polar surface area (TPSA) is 117 Å². The average molecular weight is 566 g/mol. The summed E-state index contributed by atoms with van der Waals surface area (Å²) in [5, 5.41) is 16.0. The van der Waals surface area contributed by atoms with Gasteiger partial charge in [0, 0.05) is 16.1 Å². The standard InChI is InChI=1S/C26H36BrN3O6/c1-6-15(13-31)30-21(23(33)29-25(3,4)5)26-12-17(27)20(36-26)18(19(26)24(30)34)22(32)28-14-8-10-16(11-9-14)35-7-2/h8-11,15,17-21,31H,6-7,12-13H2,1-5H3,(H,28,32)(H,29,33)/t15-,17?,18+,19-,20+,21?,26?/m0/s1. The summed E-state index contributed by atoms with van der Waals surface area (Å²) in [7, 11) is 0. The van der Waals surface area contributed by atoms with Gasteiger partial charge in [-0.3, -0.25) is 14.4 Å². The number of fused-ring (bicyclic) bond motifs is 1. The molecule has 3 heterocycles. The van der Waals surface area contributed by atoms with Crippen molar-refractivity contribution in [3.8, 4) is 5.75 Å². The third-order valence-electron chi connectivity index (χ3n) is 7.28. The molecule has 3 fully saturated rings. The van der Waals surface area contributed by atoms with Gasteiger partial charge in [-0.2, -0.15) is 0 Å². The second kappa shape index (κ2) is 9.95. The molecule has 3 N–H and O–H groups in total. The fraction of sp³-hybridized carbons (Fsp3) is 0.654. The number of halogens is 1. The van der Waals surface area contributed by atoms with E-state index in [0.29, 0.717) is 30.9 Å². The number of rotatable bonds is 8. The van der Waals surface area contributed by atoms with Crippen LogP contribution in [0.1, 0.15) is 47.5 Å². The summed E-state index contributed by atoms with van der Waals surface area (Å²) in [6.45, 7) is 9.63. The van der Waals surface area contributed by atoms with Gasteiger partial charge in [-0.05, 0) is 64.8 Å². The van der Waals surface area contributed by atoms with E-state index in [1.54, 1.807) is 24.3 Å². The van der Waals surface area contributed by atoms with Crippen LogP contribution in [0.15, 0.2) is 24.3 Å². The SMILES string of the molecule is CCOc1ccc(NC(=O)[C@H]2[C@@H]3OC4(CC3Br)C(C(=O)NC(C)(C)C)N([C@@H](CC)CO)C(=O)[C@H]24)cc1. The van der Waals surface area contributed by atoms with Crippen LogP contribution in [0.2, 0.25) is 0 Å². The highest BCUT2D eigenvalue weighted by atomic mass is 79.9. The molecular formula is C26H36BrN3O6. The van der Waals surface area contributed by atoms with Gasteiger partial charge in [0.15, 0.2) is 0 Å². The van der Waals surface area contributed by atoms with Gasteiger partial charge in [0.2, 0.25) is 17.7 Å². The Kier molecular flexibility index (Phi) is 7.43. The van der Waals surface area contributed by atoms with E-state index in [0.717, 1.165) is 0 Å². The van der Waals surface area contributed by atoms with Gasteiger partial charge in [-0.1, -0.05) is 22.9 Å². The number of carbonyl (C=O) groups excluding carboxylic acids is 3. The fourth-order valence-corrected chi connectivity index (χ4v) is 6.88. The second-order valence-electron chi connectivity index (χ2n) is 10.8. The van der Waals surface area contributed by atoms with E-state index in [1.165, 1.54) is 4.90 Å². The van der Waals surface area contributed by atoms with E-state index in [4.69, 9.17) is 9.47 Å². The Morgan fingerprint density at radius 3 is 2.47 bits per heavy atom. The van der Waals surface area contributed by atoms with E-state index >= 15 is 0 Å². The quantitative estimate of drug-likeness (QED) is 0.417. The molecule has 3 aliphatic rings. The molecule has 2 bridgehead atoms. The number of aliphatic hydroxyl groups is 1. The smallest absolute Gasteiger partial charge is 0.246 e. The summed E-state index contributed by atoms with van der Waals surface area (Å²) in [5.74, 6) is -1.90. The maximum Gasteiger partial charge on any atom is 0.246 e. The zero-order valence-electron chi connectivity index (χ0n) is 21.4. The van der Waals surface area contributed by atoms with Gasteiger partial charge in [-0.15, -0.1) is 0 Å². The Labute approximate surface area is 220 Å². The van der Waals surface area contributed by atoms with Crippen LogP contribution in [0, 0.1) is 11.8 Å². The number of amides is 3. The van der Waals surface area contributed by atoms with Crippen molar-refractivity contribution in [2.75, 3.05) is 18.5 Å². The van der Waals surface area contributed by atoms with E-state index < -0.39 is 41.2 Å². The molecule has 0 saturated carbocycles. The molecule has 9 nitrogen and oxygen atoms in total. The summed E-state index contributed by atoms with van der Waals surface area (Å²) >= 11 is 3.66. The lowest BCUT2D eigenvalue weighted by Gasteiger charge is -2.38. The predicted octanol–water partition coefficient (Wildman–Crippen LogP) is 2.46. The van der Waals surface area contributed by atoms with Crippen LogP contribution in [-0.4, -0.2) is 75.1 Å². The molecule has 1 spiro atoms. The first-order valence-corrected chi connectivity index (χ1v) is 13.5. The summed E-state index contributed by atoms with van der Waals surface area (Å²) in [6.07, 6.45) is 0.332. The summed E-state index contributed by atoms with van der Waals surface area (Å²) in [5.41, 5.74) is -1.11. The molecule has 7 atom stereocenters. The lowest BCUT2D eigenvalue weighted by Crippen LogP contribution is -2.60. The first kappa shape index (κ1) is 26.9. The van der Waals surface area contributed by atoms with E-state index in [-0.39, 0.29) is 29.2 Å². The normalized spacial score (nSPS) is 31.8. The molecule has 1 aromatic carbocycles. The largest absolute Gasteiger partial charge is 0.494 e. The molecule has 3 unspecified atom stereocenters. The predicted molar refractivity (Wildman–Crippen MR) is 138 cm³/mol. The number of nitrogens with one attached hydrogen (secondary N) is 2. The minimum Gasteiger partial charge on any atom is -0.494 e. The molecule has 3 amide bonds. The number of carbonyl (C=O) groups is 3. The van der Waals surface area contributed by atoms with Crippen molar-refractivity contribution in [3.05, 3.63) is 24.3 Å². The second-order valence-corrected chi connectivity index (χ2v) is 12.0. The molecule has 3 saturated heterocycles. The van der Waals surface area contributed by atoms with Crippen molar-refractivity contribution >= 4 is 39.3 Å². The van der Waals surface area contributed by atoms with E-state index in [2.05, 4.69) is 26.6 Å². The van der Waals surface area contributed by atoms with Gasteiger partial charge in [0.05, 0.1) is 37.2 Å². The molecule has 4 rings (SSSR count). The van der Waals surface area contributed by atoms with Crippen molar-refractivity contribution in [1.82, 2.24) is 10.2 Å². The van der Waals surface area contributed by atoms with Gasteiger partial charge >= 0.3 is 0 Å². The molecule has 36 heavy (non-hydrogen) atoms. The Balaban J connectivity index is 1.68. The van der Waals surface area contributed by atoms with Gasteiger partial charge < -0.3 is 30.1 Å². The van der Waals surface area contributed by atoms with Gasteiger partial charge in [0.25, 0.3) is 0 Å². The van der Waals surface area contributed by atoms with Crippen LogP contribution in [-0.2, 0) is 19.1 Å². The molecule has 10 heteroatoms. The number of nitrogens with zero attached hydrogens (tertiary/aromatic N) is 1. The van der Waals surface area contributed by atoms with Gasteiger partial charge in [0.1, 0.15) is 17.4 Å². The number of benzene rings is 1. The maximum atomic E-state index is 13.9. The number of likely N-dealkylation sites (tertiary alicyclic amines) is 1. The summed E-state index contributed by atoms with van der Waals surface area (Å²) < 4.78 is 11.9. The highest BCUT2D eigenvalue weighted by Gasteiger charge is 2.77. The zero-order chi connectivity index (χ0) is 26.4. The van der Waals surface area contributed by atoms with Gasteiger partial charge in [-0.25, -0.2) is 0 Å². The lowest BCUT2D eigenvalue weighted by atomic mass is 9.70. The fourth-order valence-electron chi connectivity index (χ4n) is 5.94. The first-order valence-electron chi connectivity index (χ1n) is 12.6. The number of ether oxygens (including phenoxy) is 2. The molecule has 0 aromatic heterocycles. The maximum absolute atomic E-state index is 13.9. The van der Waals surface area contributed by atoms with Crippen molar-refractivity contribution in [1.29, 1.82) is 0 Å². The van der Waals surface area contributed by atoms with Crippen LogP contribution in [0.5, 0.6) is 5.75 Å². The summed E-state index contributed by atoms with van der Waals surface area (Å²) in [4.78, 5) is 42.5. The van der Waals surface area contributed by atoms with Crippen molar-refractivity contribution < 1.29 is 29.0 Å². The molecular weight excluding hydrogens is 530 g/mol.